The number of ether oxygens (including phenoxy) is 2. The lowest BCUT2D eigenvalue weighted by atomic mass is 10.1. The van der Waals surface area contributed by atoms with Crippen LogP contribution >= 0.6 is 28.1 Å². The summed E-state index contributed by atoms with van der Waals surface area (Å²) in [4.78, 5) is 13.9. The molecule has 0 bridgehead atoms. The molecule has 0 aliphatic heterocycles. The molecule has 1 aromatic rings. The standard InChI is InChI=1S/C14H19BrN2O3S/c1-3-20-12(18)9-17(7-8-19-2)11-6-4-5-10(15)13(11)14(16)21/h4-6H,3,7-9H2,1-2H3,(H2,16,21). The third-order valence-electron chi connectivity index (χ3n) is 2.77. The monoisotopic (exact) mass is 374 g/mol. The fourth-order valence-electron chi connectivity index (χ4n) is 1.87. The quantitative estimate of drug-likeness (QED) is 0.555. The van der Waals surface area contributed by atoms with Gasteiger partial charge in [0.25, 0.3) is 0 Å². The molecule has 1 rings (SSSR count). The van der Waals surface area contributed by atoms with E-state index in [1.807, 2.05) is 23.1 Å². The lowest BCUT2D eigenvalue weighted by Gasteiger charge is -2.26. The third-order valence-corrected chi connectivity index (χ3v) is 3.63. The topological polar surface area (TPSA) is 64.8 Å². The molecule has 116 valence electrons. The Morgan fingerprint density at radius 2 is 2.19 bits per heavy atom. The van der Waals surface area contributed by atoms with Crippen LogP contribution in [0.5, 0.6) is 0 Å². The summed E-state index contributed by atoms with van der Waals surface area (Å²) >= 11 is 8.55. The van der Waals surface area contributed by atoms with E-state index < -0.39 is 0 Å². The molecule has 0 fully saturated rings. The van der Waals surface area contributed by atoms with Crippen molar-refractivity contribution in [3.05, 3.63) is 28.2 Å². The second kappa shape index (κ2) is 8.96. The van der Waals surface area contributed by atoms with E-state index in [0.717, 1.165) is 10.2 Å². The van der Waals surface area contributed by atoms with Gasteiger partial charge in [0.1, 0.15) is 11.5 Å². The maximum atomic E-state index is 11.8. The second-order valence-electron chi connectivity index (χ2n) is 4.22. The first-order chi connectivity index (χ1) is 10.0. The predicted molar refractivity (Wildman–Crippen MR) is 90.8 cm³/mol. The summed E-state index contributed by atoms with van der Waals surface area (Å²) in [6.45, 7) is 3.24. The molecule has 21 heavy (non-hydrogen) atoms. The zero-order valence-electron chi connectivity index (χ0n) is 12.1. The highest BCUT2D eigenvalue weighted by atomic mass is 79.9. The van der Waals surface area contributed by atoms with Gasteiger partial charge in [-0.2, -0.15) is 0 Å². The Hall–Kier alpha value is -1.18. The van der Waals surface area contributed by atoms with E-state index in [1.165, 1.54) is 0 Å². The first-order valence-corrected chi connectivity index (χ1v) is 7.69. The molecule has 0 aromatic heterocycles. The van der Waals surface area contributed by atoms with E-state index in [0.29, 0.717) is 25.3 Å². The fourth-order valence-corrected chi connectivity index (χ4v) is 2.78. The van der Waals surface area contributed by atoms with Crippen molar-refractivity contribution in [3.8, 4) is 0 Å². The van der Waals surface area contributed by atoms with Crippen molar-refractivity contribution in [3.63, 3.8) is 0 Å². The van der Waals surface area contributed by atoms with Crippen molar-refractivity contribution >= 4 is 44.8 Å². The number of rotatable bonds is 8. The second-order valence-corrected chi connectivity index (χ2v) is 5.51. The largest absolute Gasteiger partial charge is 0.465 e. The molecule has 1 aromatic carbocycles. The number of anilines is 1. The number of esters is 1. The molecule has 0 unspecified atom stereocenters. The Kier molecular flexibility index (Phi) is 7.63. The van der Waals surface area contributed by atoms with Crippen LogP contribution in [0.2, 0.25) is 0 Å². The van der Waals surface area contributed by atoms with Crippen LogP contribution in [-0.4, -0.2) is 44.4 Å². The molecule has 0 amide bonds. The van der Waals surface area contributed by atoms with Crippen molar-refractivity contribution < 1.29 is 14.3 Å². The molecular formula is C14H19BrN2O3S. The van der Waals surface area contributed by atoms with Crippen LogP contribution in [0.25, 0.3) is 0 Å². The summed E-state index contributed by atoms with van der Waals surface area (Å²) in [6.07, 6.45) is 0. The normalized spacial score (nSPS) is 10.2. The van der Waals surface area contributed by atoms with Crippen molar-refractivity contribution in [2.75, 3.05) is 38.3 Å². The molecule has 5 nitrogen and oxygen atoms in total. The highest BCUT2D eigenvalue weighted by molar-refractivity contribution is 9.10. The summed E-state index contributed by atoms with van der Waals surface area (Å²) in [7, 11) is 1.61. The Balaban J connectivity index is 3.10. The van der Waals surface area contributed by atoms with Crippen LogP contribution in [0, 0.1) is 0 Å². The number of benzene rings is 1. The minimum Gasteiger partial charge on any atom is -0.465 e. The average Bonchev–Trinajstić information content (AvgIpc) is 2.43. The summed E-state index contributed by atoms with van der Waals surface area (Å²) in [5.74, 6) is -0.303. The van der Waals surface area contributed by atoms with E-state index in [1.54, 1.807) is 14.0 Å². The van der Waals surface area contributed by atoms with Gasteiger partial charge in [-0.3, -0.25) is 4.79 Å². The maximum absolute atomic E-state index is 11.8. The highest BCUT2D eigenvalue weighted by Gasteiger charge is 2.18. The summed E-state index contributed by atoms with van der Waals surface area (Å²) in [5, 5.41) is 0. The minimum absolute atomic E-state index is 0.114. The van der Waals surface area contributed by atoms with Gasteiger partial charge in [0.05, 0.1) is 13.2 Å². The van der Waals surface area contributed by atoms with Crippen LogP contribution in [-0.2, 0) is 14.3 Å². The number of methoxy groups -OCH3 is 1. The van der Waals surface area contributed by atoms with E-state index in [4.69, 9.17) is 27.4 Å². The zero-order valence-corrected chi connectivity index (χ0v) is 14.5. The van der Waals surface area contributed by atoms with Gasteiger partial charge in [-0.1, -0.05) is 18.3 Å². The van der Waals surface area contributed by atoms with Gasteiger partial charge in [-0.15, -0.1) is 0 Å². The number of nitrogens with zero attached hydrogens (tertiary/aromatic N) is 1. The molecule has 0 aliphatic carbocycles. The van der Waals surface area contributed by atoms with Crippen LogP contribution in [0.15, 0.2) is 22.7 Å². The highest BCUT2D eigenvalue weighted by Crippen LogP contribution is 2.27. The Bertz CT molecular complexity index is 511. The smallest absolute Gasteiger partial charge is 0.325 e. The van der Waals surface area contributed by atoms with Crippen LogP contribution < -0.4 is 10.6 Å². The van der Waals surface area contributed by atoms with E-state index in [9.17, 15) is 4.79 Å². The average molecular weight is 375 g/mol. The maximum Gasteiger partial charge on any atom is 0.325 e. The number of carbonyl (C=O) groups excluding carboxylic acids is 1. The number of thiocarbonyl (C=S) groups is 1. The first-order valence-electron chi connectivity index (χ1n) is 6.49. The Morgan fingerprint density at radius 3 is 2.76 bits per heavy atom. The summed E-state index contributed by atoms with van der Waals surface area (Å²) in [5.41, 5.74) is 7.28. The van der Waals surface area contributed by atoms with Gasteiger partial charge in [0, 0.05) is 29.4 Å². The molecular weight excluding hydrogens is 356 g/mol. The third kappa shape index (κ3) is 5.26. The lowest BCUT2D eigenvalue weighted by molar-refractivity contribution is -0.141. The molecule has 0 aliphatic rings. The molecule has 7 heteroatoms. The van der Waals surface area contributed by atoms with E-state index in [-0.39, 0.29) is 17.5 Å². The number of nitrogens with two attached hydrogens (primary N) is 1. The minimum atomic E-state index is -0.303. The molecule has 0 saturated heterocycles. The van der Waals surface area contributed by atoms with Gasteiger partial charge < -0.3 is 20.1 Å². The molecule has 2 N–H and O–H groups in total. The summed E-state index contributed by atoms with van der Waals surface area (Å²) < 4.78 is 10.9. The van der Waals surface area contributed by atoms with Gasteiger partial charge in [-0.25, -0.2) is 0 Å². The predicted octanol–water partition coefficient (Wildman–Crippen LogP) is 2.10. The van der Waals surface area contributed by atoms with Crippen LogP contribution in [0.1, 0.15) is 12.5 Å². The lowest BCUT2D eigenvalue weighted by Crippen LogP contribution is -2.35. The number of halogens is 1. The van der Waals surface area contributed by atoms with Gasteiger partial charge in [0.15, 0.2) is 0 Å². The number of hydrogen-bond acceptors (Lipinski definition) is 5. The number of hydrogen-bond donors (Lipinski definition) is 1. The Labute approximate surface area is 138 Å². The first kappa shape index (κ1) is 17.9. The summed E-state index contributed by atoms with van der Waals surface area (Å²) in [6, 6.07) is 5.59. The SMILES string of the molecule is CCOC(=O)CN(CCOC)c1cccc(Br)c1C(N)=S. The Morgan fingerprint density at radius 1 is 1.48 bits per heavy atom. The van der Waals surface area contributed by atoms with Crippen LogP contribution in [0.3, 0.4) is 0 Å². The van der Waals surface area contributed by atoms with E-state index in [2.05, 4.69) is 15.9 Å². The molecule has 0 radical (unpaired) electrons. The van der Waals surface area contributed by atoms with Crippen molar-refractivity contribution in [1.82, 2.24) is 0 Å². The fraction of sp³-hybridized carbons (Fsp3) is 0.429. The van der Waals surface area contributed by atoms with E-state index >= 15 is 0 Å². The van der Waals surface area contributed by atoms with Gasteiger partial charge in [-0.05, 0) is 35.0 Å². The molecule has 0 heterocycles. The van der Waals surface area contributed by atoms with Crippen molar-refractivity contribution in [1.29, 1.82) is 0 Å². The van der Waals surface area contributed by atoms with Crippen molar-refractivity contribution in [2.45, 2.75) is 6.92 Å². The van der Waals surface area contributed by atoms with Gasteiger partial charge >= 0.3 is 5.97 Å². The number of carbonyl (C=O) groups is 1. The molecule has 0 atom stereocenters. The molecule has 0 spiro atoms. The van der Waals surface area contributed by atoms with Crippen molar-refractivity contribution in [2.24, 2.45) is 5.73 Å². The molecule has 0 saturated carbocycles. The zero-order chi connectivity index (χ0) is 15.8. The van der Waals surface area contributed by atoms with Crippen LogP contribution in [0.4, 0.5) is 5.69 Å². The van der Waals surface area contributed by atoms with Gasteiger partial charge in [0.2, 0.25) is 0 Å².